The van der Waals surface area contributed by atoms with Gasteiger partial charge in [0.05, 0.1) is 0 Å². The van der Waals surface area contributed by atoms with Gasteiger partial charge in [0, 0.05) is 19.6 Å². The minimum atomic E-state index is 0.997. The Labute approximate surface area is 174 Å². The molecule has 0 atom stereocenters. The Bertz CT molecular complexity index is 1010. The molecule has 3 aromatic rings. The van der Waals surface area contributed by atoms with Crippen molar-refractivity contribution in [3.63, 3.8) is 0 Å². The number of fused-ring (bicyclic) bond motifs is 2. The summed E-state index contributed by atoms with van der Waals surface area (Å²) in [5.41, 5.74) is 10.0. The molecule has 2 aliphatic rings. The van der Waals surface area contributed by atoms with Crippen LogP contribution < -0.4 is 0 Å². The first kappa shape index (κ1) is 18.1. The minimum absolute atomic E-state index is 0.997. The summed E-state index contributed by atoms with van der Waals surface area (Å²) >= 11 is 0. The summed E-state index contributed by atoms with van der Waals surface area (Å²) < 4.78 is 0. The van der Waals surface area contributed by atoms with Crippen LogP contribution >= 0.6 is 0 Å². The Morgan fingerprint density at radius 2 is 1.31 bits per heavy atom. The Morgan fingerprint density at radius 3 is 1.93 bits per heavy atom. The molecule has 1 aliphatic heterocycles. The molecule has 144 valence electrons. The Kier molecular flexibility index (Phi) is 5.15. The van der Waals surface area contributed by atoms with Gasteiger partial charge in [-0.1, -0.05) is 91.0 Å². The predicted octanol–water partition coefficient (Wildman–Crippen LogP) is 6.01. The Hall–Kier alpha value is -2.90. The molecule has 0 saturated carbocycles. The third kappa shape index (κ3) is 3.83. The molecule has 1 aliphatic carbocycles. The van der Waals surface area contributed by atoms with Gasteiger partial charge in [-0.2, -0.15) is 0 Å². The van der Waals surface area contributed by atoms with Crippen molar-refractivity contribution in [3.8, 4) is 0 Å². The molecule has 1 nitrogen and oxygen atoms in total. The average Bonchev–Trinajstić information content (AvgIpc) is 2.96. The number of benzene rings is 3. The van der Waals surface area contributed by atoms with E-state index in [1.807, 2.05) is 0 Å². The van der Waals surface area contributed by atoms with E-state index in [9.17, 15) is 0 Å². The largest absolute Gasteiger partial charge is 0.296 e. The third-order valence-corrected chi connectivity index (χ3v) is 6.27. The van der Waals surface area contributed by atoms with Crippen molar-refractivity contribution < 1.29 is 0 Å². The van der Waals surface area contributed by atoms with Gasteiger partial charge in [0.1, 0.15) is 0 Å². The van der Waals surface area contributed by atoms with E-state index in [0.717, 1.165) is 38.9 Å². The van der Waals surface area contributed by atoms with E-state index in [4.69, 9.17) is 0 Å². The zero-order valence-electron chi connectivity index (χ0n) is 16.9. The second-order valence-corrected chi connectivity index (χ2v) is 8.04. The van der Waals surface area contributed by atoms with E-state index in [1.54, 1.807) is 0 Å². The van der Waals surface area contributed by atoms with E-state index in [0.29, 0.717) is 0 Å². The molecule has 0 fully saturated rings. The summed E-state index contributed by atoms with van der Waals surface area (Å²) in [5, 5.41) is 0. The van der Waals surface area contributed by atoms with Crippen molar-refractivity contribution in [2.45, 2.75) is 19.3 Å². The smallest absolute Gasteiger partial charge is 0.0175 e. The average molecular weight is 378 g/mol. The zero-order valence-corrected chi connectivity index (χ0v) is 16.9. The summed E-state index contributed by atoms with van der Waals surface area (Å²) in [6.07, 6.45) is 8.24. The second-order valence-electron chi connectivity index (χ2n) is 8.04. The summed E-state index contributed by atoms with van der Waals surface area (Å²) in [6.45, 7) is 3.14. The minimum Gasteiger partial charge on any atom is -0.296 e. The van der Waals surface area contributed by atoms with Crippen LogP contribution in [0.2, 0.25) is 0 Å². The molecular formula is C28H27N. The molecule has 0 N–H and O–H groups in total. The molecule has 0 aromatic heterocycles. The maximum absolute atomic E-state index is 2.55. The normalized spacial score (nSPS) is 16.4. The molecule has 0 unspecified atom stereocenters. The lowest BCUT2D eigenvalue weighted by atomic mass is 9.93. The first-order valence-electron chi connectivity index (χ1n) is 10.7. The van der Waals surface area contributed by atoms with Crippen LogP contribution in [0.25, 0.3) is 11.1 Å². The van der Waals surface area contributed by atoms with Gasteiger partial charge in [-0.15, -0.1) is 0 Å². The molecule has 0 radical (unpaired) electrons. The van der Waals surface area contributed by atoms with E-state index in [1.165, 1.54) is 39.0 Å². The standard InChI is InChI=1S/C28H27N/c1-2-8-22(9-3-1)23-16-19-29(20-17-23)21-18-28-26-12-6-4-10-24(26)14-15-25-11-5-7-13-27(25)28/h1-13,16,18H,14-15,17,19-21H2. The predicted molar refractivity (Wildman–Crippen MR) is 123 cm³/mol. The van der Waals surface area contributed by atoms with E-state index in [2.05, 4.69) is 95.9 Å². The molecule has 0 saturated heterocycles. The molecule has 1 heteroatoms. The maximum Gasteiger partial charge on any atom is 0.0175 e. The van der Waals surface area contributed by atoms with Crippen molar-refractivity contribution in [1.29, 1.82) is 0 Å². The van der Waals surface area contributed by atoms with E-state index < -0.39 is 0 Å². The number of hydrogen-bond donors (Lipinski definition) is 0. The maximum atomic E-state index is 2.55. The first-order valence-corrected chi connectivity index (χ1v) is 10.7. The van der Waals surface area contributed by atoms with Gasteiger partial charge >= 0.3 is 0 Å². The molecule has 3 aromatic carbocycles. The lowest BCUT2D eigenvalue weighted by molar-refractivity contribution is 0.335. The van der Waals surface area contributed by atoms with Gasteiger partial charge in [-0.25, -0.2) is 0 Å². The highest BCUT2D eigenvalue weighted by Crippen LogP contribution is 2.33. The summed E-state index contributed by atoms with van der Waals surface area (Å²) in [7, 11) is 0. The molecule has 5 rings (SSSR count). The van der Waals surface area contributed by atoms with Gasteiger partial charge in [0.15, 0.2) is 0 Å². The first-order chi connectivity index (χ1) is 14.4. The van der Waals surface area contributed by atoms with Crippen LogP contribution in [-0.2, 0) is 12.8 Å². The van der Waals surface area contributed by atoms with E-state index in [-0.39, 0.29) is 0 Å². The third-order valence-electron chi connectivity index (χ3n) is 6.27. The molecule has 1 heterocycles. The summed E-state index contributed by atoms with van der Waals surface area (Å²) in [5.74, 6) is 0. The molecule has 29 heavy (non-hydrogen) atoms. The molecule has 0 amide bonds. The topological polar surface area (TPSA) is 3.24 Å². The van der Waals surface area contributed by atoms with Crippen LogP contribution in [0.15, 0.2) is 91.0 Å². The molecule has 0 bridgehead atoms. The SMILES string of the molecule is C1=C(c2ccccc2)CCN(CC=C2c3ccccc3CCc3ccccc32)C1. The highest BCUT2D eigenvalue weighted by molar-refractivity contribution is 5.84. The van der Waals surface area contributed by atoms with Crippen LogP contribution in [0.3, 0.4) is 0 Å². The van der Waals surface area contributed by atoms with Gasteiger partial charge in [0.25, 0.3) is 0 Å². The molecule has 0 spiro atoms. The number of rotatable bonds is 3. The quantitative estimate of drug-likeness (QED) is 0.540. The van der Waals surface area contributed by atoms with Gasteiger partial charge in [0.2, 0.25) is 0 Å². The van der Waals surface area contributed by atoms with Crippen LogP contribution in [0, 0.1) is 0 Å². The van der Waals surface area contributed by atoms with Gasteiger partial charge < -0.3 is 0 Å². The van der Waals surface area contributed by atoms with Gasteiger partial charge in [-0.3, -0.25) is 4.90 Å². The van der Waals surface area contributed by atoms with Crippen LogP contribution in [0.4, 0.5) is 0 Å². The lowest BCUT2D eigenvalue weighted by Crippen LogP contribution is -2.28. The monoisotopic (exact) mass is 377 g/mol. The fraction of sp³-hybridized carbons (Fsp3) is 0.214. The van der Waals surface area contributed by atoms with Crippen molar-refractivity contribution in [2.75, 3.05) is 19.6 Å². The van der Waals surface area contributed by atoms with Crippen LogP contribution in [-0.4, -0.2) is 24.5 Å². The number of nitrogens with zero attached hydrogens (tertiary/aromatic N) is 1. The van der Waals surface area contributed by atoms with Crippen molar-refractivity contribution in [2.24, 2.45) is 0 Å². The zero-order chi connectivity index (χ0) is 19.5. The van der Waals surface area contributed by atoms with Crippen LogP contribution in [0.5, 0.6) is 0 Å². The second kappa shape index (κ2) is 8.23. The van der Waals surface area contributed by atoms with Gasteiger partial charge in [-0.05, 0) is 58.2 Å². The van der Waals surface area contributed by atoms with Crippen molar-refractivity contribution in [1.82, 2.24) is 4.90 Å². The number of hydrogen-bond acceptors (Lipinski definition) is 1. The van der Waals surface area contributed by atoms with Crippen molar-refractivity contribution >= 4 is 11.1 Å². The fourth-order valence-electron chi connectivity index (χ4n) is 4.65. The highest BCUT2D eigenvalue weighted by atomic mass is 15.1. The number of aryl methyl sites for hydroxylation is 2. The Morgan fingerprint density at radius 1 is 0.690 bits per heavy atom. The lowest BCUT2D eigenvalue weighted by Gasteiger charge is -2.26. The van der Waals surface area contributed by atoms with Crippen LogP contribution in [0.1, 0.15) is 34.2 Å². The highest BCUT2D eigenvalue weighted by Gasteiger charge is 2.18. The fourth-order valence-corrected chi connectivity index (χ4v) is 4.65. The Balaban J connectivity index is 1.41. The molecular weight excluding hydrogens is 350 g/mol. The summed E-state index contributed by atoms with van der Waals surface area (Å²) in [4.78, 5) is 2.55. The van der Waals surface area contributed by atoms with E-state index >= 15 is 0 Å². The summed E-state index contributed by atoms with van der Waals surface area (Å²) in [6, 6.07) is 28.7. The van der Waals surface area contributed by atoms with Crippen molar-refractivity contribution in [3.05, 3.63) is 119 Å².